The maximum absolute atomic E-state index is 9.44. The van der Waals surface area contributed by atoms with Gasteiger partial charge in [0.15, 0.2) is 5.11 Å². The van der Waals surface area contributed by atoms with Crippen LogP contribution in [0.2, 0.25) is 0 Å². The molecule has 2 rings (SSSR count). The summed E-state index contributed by atoms with van der Waals surface area (Å²) in [4.78, 5) is 4.16. The van der Waals surface area contributed by atoms with Crippen molar-refractivity contribution in [2.24, 2.45) is 10.8 Å². The predicted molar refractivity (Wildman–Crippen MR) is 70.9 cm³/mol. The molecular weight excluding hydrogens is 236 g/mol. The number of benzene rings is 1. The maximum atomic E-state index is 9.44. The van der Waals surface area contributed by atoms with Gasteiger partial charge >= 0.3 is 0 Å². The summed E-state index contributed by atoms with van der Waals surface area (Å²) in [5.74, 6) is 0.183. The first-order valence-electron chi connectivity index (χ1n) is 4.83. The largest absolute Gasteiger partial charge is 0.508 e. The molecule has 5 nitrogen and oxygen atoms in total. The Hall–Kier alpha value is -2.21. The molecule has 1 heterocycles. The van der Waals surface area contributed by atoms with Crippen LogP contribution in [0.4, 0.5) is 0 Å². The number of hydrogen-bond acceptors (Lipinski definition) is 4. The minimum atomic E-state index is 0.0873. The van der Waals surface area contributed by atoms with Crippen LogP contribution >= 0.6 is 12.2 Å². The molecule has 0 atom stereocenters. The molecule has 0 spiro atoms. The van der Waals surface area contributed by atoms with Crippen molar-refractivity contribution >= 4 is 34.3 Å². The molecule has 17 heavy (non-hydrogen) atoms. The molecule has 0 aliphatic rings. The van der Waals surface area contributed by atoms with Crippen molar-refractivity contribution in [1.29, 1.82) is 0 Å². The van der Waals surface area contributed by atoms with E-state index in [9.17, 15) is 5.11 Å². The smallest absolute Gasteiger partial charge is 0.184 e. The number of pyridine rings is 1. The second-order valence-corrected chi connectivity index (χ2v) is 3.78. The molecule has 2 aromatic rings. The summed E-state index contributed by atoms with van der Waals surface area (Å²) in [6, 6.07) is 6.92. The Balaban J connectivity index is 2.43. The summed E-state index contributed by atoms with van der Waals surface area (Å²) >= 11 is 4.62. The zero-order chi connectivity index (χ0) is 12.3. The Kier molecular flexibility index (Phi) is 3.15. The molecule has 0 amide bonds. The van der Waals surface area contributed by atoms with E-state index in [-0.39, 0.29) is 10.9 Å². The van der Waals surface area contributed by atoms with Crippen LogP contribution in [0, 0.1) is 0 Å². The number of nitrogens with two attached hydrogens (primary N) is 1. The number of hydrazone groups is 1. The fourth-order valence-electron chi connectivity index (χ4n) is 1.44. The van der Waals surface area contributed by atoms with E-state index in [0.29, 0.717) is 5.69 Å². The van der Waals surface area contributed by atoms with E-state index in [1.807, 2.05) is 12.1 Å². The fraction of sp³-hybridized carbons (Fsp3) is 0. The summed E-state index contributed by atoms with van der Waals surface area (Å²) in [7, 11) is 0. The van der Waals surface area contributed by atoms with Gasteiger partial charge in [-0.3, -0.25) is 10.4 Å². The molecule has 0 aliphatic heterocycles. The van der Waals surface area contributed by atoms with Crippen molar-refractivity contribution in [1.82, 2.24) is 10.4 Å². The van der Waals surface area contributed by atoms with Gasteiger partial charge in [-0.05, 0) is 35.8 Å². The van der Waals surface area contributed by atoms with Crippen LogP contribution in [0.1, 0.15) is 5.69 Å². The SMILES string of the molecule is NC(=S)NN=Cc1nccc2ccc(O)cc12. The molecule has 0 bridgehead atoms. The number of hydrogen-bond donors (Lipinski definition) is 3. The second kappa shape index (κ2) is 4.75. The van der Waals surface area contributed by atoms with Crippen LogP contribution < -0.4 is 11.2 Å². The first kappa shape index (κ1) is 11.3. The number of phenolic OH excluding ortho intramolecular Hbond substituents is 1. The Labute approximate surface area is 103 Å². The van der Waals surface area contributed by atoms with Gasteiger partial charge in [-0.15, -0.1) is 0 Å². The van der Waals surface area contributed by atoms with Crippen LogP contribution in [-0.4, -0.2) is 21.4 Å². The first-order chi connectivity index (χ1) is 8.16. The zero-order valence-corrected chi connectivity index (χ0v) is 9.61. The molecule has 0 radical (unpaired) electrons. The van der Waals surface area contributed by atoms with Gasteiger partial charge in [0.25, 0.3) is 0 Å². The molecule has 1 aromatic heterocycles. The van der Waals surface area contributed by atoms with Gasteiger partial charge in [0.1, 0.15) is 5.75 Å². The molecule has 0 aliphatic carbocycles. The lowest BCUT2D eigenvalue weighted by Crippen LogP contribution is -2.24. The Morgan fingerprint density at radius 1 is 1.47 bits per heavy atom. The zero-order valence-electron chi connectivity index (χ0n) is 8.79. The van der Waals surface area contributed by atoms with Crippen LogP contribution in [-0.2, 0) is 0 Å². The standard InChI is InChI=1S/C11H10N4OS/c12-11(17)15-14-6-10-9-5-8(16)2-1-7(9)3-4-13-10/h1-6,16H,(H3,12,15,17). The highest BCUT2D eigenvalue weighted by atomic mass is 32.1. The third-order valence-electron chi connectivity index (χ3n) is 2.14. The van der Waals surface area contributed by atoms with E-state index in [1.165, 1.54) is 6.21 Å². The van der Waals surface area contributed by atoms with Gasteiger partial charge in [-0.2, -0.15) is 5.10 Å². The number of nitrogens with one attached hydrogen (secondary N) is 1. The molecule has 0 fully saturated rings. The van der Waals surface area contributed by atoms with E-state index < -0.39 is 0 Å². The number of thiocarbonyl (C=S) groups is 1. The van der Waals surface area contributed by atoms with Crippen molar-refractivity contribution < 1.29 is 5.11 Å². The lowest BCUT2D eigenvalue weighted by molar-refractivity contribution is 0.476. The van der Waals surface area contributed by atoms with Crippen LogP contribution in [0.25, 0.3) is 10.8 Å². The molecular formula is C11H10N4OS. The highest BCUT2D eigenvalue weighted by Crippen LogP contribution is 2.20. The number of fused-ring (bicyclic) bond motifs is 1. The number of nitrogens with zero attached hydrogens (tertiary/aromatic N) is 2. The van der Waals surface area contributed by atoms with E-state index >= 15 is 0 Å². The summed E-state index contributed by atoms with van der Waals surface area (Å²) < 4.78 is 0. The predicted octanol–water partition coefficient (Wildman–Crippen LogP) is 1.11. The van der Waals surface area contributed by atoms with E-state index in [2.05, 4.69) is 27.7 Å². The Bertz CT molecular complexity index is 597. The van der Waals surface area contributed by atoms with Crippen LogP contribution in [0.3, 0.4) is 0 Å². The summed E-state index contributed by atoms with van der Waals surface area (Å²) in [5, 5.41) is 15.1. The van der Waals surface area contributed by atoms with Crippen LogP contribution in [0.15, 0.2) is 35.6 Å². The lowest BCUT2D eigenvalue weighted by Gasteiger charge is -2.01. The maximum Gasteiger partial charge on any atom is 0.184 e. The normalized spacial score (nSPS) is 10.8. The van der Waals surface area contributed by atoms with E-state index in [0.717, 1.165) is 10.8 Å². The molecule has 6 heteroatoms. The van der Waals surface area contributed by atoms with E-state index in [1.54, 1.807) is 18.3 Å². The van der Waals surface area contributed by atoms with Crippen molar-refractivity contribution in [3.63, 3.8) is 0 Å². The van der Waals surface area contributed by atoms with Gasteiger partial charge in [0.05, 0.1) is 11.9 Å². The number of phenols is 1. The van der Waals surface area contributed by atoms with Gasteiger partial charge in [0, 0.05) is 11.6 Å². The number of rotatable bonds is 2. The molecule has 4 N–H and O–H groups in total. The highest BCUT2D eigenvalue weighted by molar-refractivity contribution is 7.80. The van der Waals surface area contributed by atoms with Crippen molar-refractivity contribution in [3.8, 4) is 5.75 Å². The molecule has 1 aromatic carbocycles. The Morgan fingerprint density at radius 2 is 2.29 bits per heavy atom. The average Bonchev–Trinajstić information content (AvgIpc) is 2.29. The van der Waals surface area contributed by atoms with Gasteiger partial charge < -0.3 is 10.8 Å². The minimum absolute atomic E-state index is 0.0873. The quantitative estimate of drug-likeness (QED) is 0.420. The second-order valence-electron chi connectivity index (χ2n) is 3.34. The lowest BCUT2D eigenvalue weighted by atomic mass is 10.1. The number of aromatic hydroxyl groups is 1. The summed E-state index contributed by atoms with van der Waals surface area (Å²) in [5.41, 5.74) is 8.32. The topological polar surface area (TPSA) is 83.5 Å². The van der Waals surface area contributed by atoms with Crippen LogP contribution in [0.5, 0.6) is 5.75 Å². The molecule has 0 unspecified atom stereocenters. The summed E-state index contributed by atoms with van der Waals surface area (Å²) in [6.07, 6.45) is 3.17. The van der Waals surface area contributed by atoms with Gasteiger partial charge in [0.2, 0.25) is 0 Å². The minimum Gasteiger partial charge on any atom is -0.508 e. The third-order valence-corrected chi connectivity index (χ3v) is 2.23. The average molecular weight is 246 g/mol. The Morgan fingerprint density at radius 3 is 3.06 bits per heavy atom. The third kappa shape index (κ3) is 2.67. The molecule has 86 valence electrons. The van der Waals surface area contributed by atoms with Gasteiger partial charge in [-0.25, -0.2) is 0 Å². The molecule has 0 saturated heterocycles. The first-order valence-corrected chi connectivity index (χ1v) is 5.24. The van der Waals surface area contributed by atoms with Crippen molar-refractivity contribution in [2.75, 3.05) is 0 Å². The molecule has 0 saturated carbocycles. The highest BCUT2D eigenvalue weighted by Gasteiger charge is 2.01. The van der Waals surface area contributed by atoms with Gasteiger partial charge in [-0.1, -0.05) is 6.07 Å². The fourth-order valence-corrected chi connectivity index (χ4v) is 1.49. The summed E-state index contributed by atoms with van der Waals surface area (Å²) in [6.45, 7) is 0. The van der Waals surface area contributed by atoms with Crippen molar-refractivity contribution in [2.45, 2.75) is 0 Å². The van der Waals surface area contributed by atoms with Crippen molar-refractivity contribution in [3.05, 3.63) is 36.2 Å². The monoisotopic (exact) mass is 246 g/mol. The van der Waals surface area contributed by atoms with E-state index in [4.69, 9.17) is 5.73 Å². The number of aromatic nitrogens is 1.